The highest BCUT2D eigenvalue weighted by Crippen LogP contribution is 2.18. The van der Waals surface area contributed by atoms with E-state index in [1.807, 2.05) is 55.8 Å². The van der Waals surface area contributed by atoms with E-state index < -0.39 is 12.0 Å². The van der Waals surface area contributed by atoms with Gasteiger partial charge in [0.25, 0.3) is 5.91 Å². The normalized spacial score (nSPS) is 12.4. The van der Waals surface area contributed by atoms with Crippen molar-refractivity contribution in [1.82, 2.24) is 9.88 Å². The van der Waals surface area contributed by atoms with Crippen LogP contribution in [0.15, 0.2) is 30.3 Å². The maximum absolute atomic E-state index is 12.5. The molecule has 0 bridgehead atoms. The zero-order valence-electron chi connectivity index (χ0n) is 13.4. The molecule has 1 N–H and O–H groups in total. The fraction of sp³-hybridized carbons (Fsp3) is 0.412. The number of para-hydroxylation sites is 1. The minimum atomic E-state index is -0.629. The van der Waals surface area contributed by atoms with E-state index >= 15 is 0 Å². The van der Waals surface area contributed by atoms with Crippen molar-refractivity contribution in [3.8, 4) is 0 Å². The van der Waals surface area contributed by atoms with E-state index in [0.717, 1.165) is 10.9 Å². The average molecular weight is 302 g/mol. The smallest absolute Gasteiger partial charge is 0.328 e. The molecule has 0 aliphatic carbocycles. The third-order valence-corrected chi connectivity index (χ3v) is 3.68. The van der Waals surface area contributed by atoms with Gasteiger partial charge in [0.05, 0.1) is 7.11 Å². The highest BCUT2D eigenvalue weighted by Gasteiger charge is 2.24. The zero-order valence-corrected chi connectivity index (χ0v) is 13.4. The number of esters is 1. The van der Waals surface area contributed by atoms with Gasteiger partial charge in [-0.1, -0.05) is 32.0 Å². The number of aryl methyl sites for hydroxylation is 1. The Morgan fingerprint density at radius 1 is 1.27 bits per heavy atom. The van der Waals surface area contributed by atoms with Gasteiger partial charge in [-0.2, -0.15) is 0 Å². The summed E-state index contributed by atoms with van der Waals surface area (Å²) in [5, 5.41) is 3.78. The van der Waals surface area contributed by atoms with Gasteiger partial charge >= 0.3 is 5.97 Å². The fourth-order valence-electron chi connectivity index (χ4n) is 2.57. The molecule has 0 saturated heterocycles. The molecule has 0 saturated carbocycles. The van der Waals surface area contributed by atoms with Crippen molar-refractivity contribution in [2.45, 2.75) is 26.3 Å². The van der Waals surface area contributed by atoms with Crippen LogP contribution >= 0.6 is 0 Å². The van der Waals surface area contributed by atoms with Crippen LogP contribution in [-0.4, -0.2) is 29.6 Å². The maximum Gasteiger partial charge on any atom is 0.328 e. The molecule has 22 heavy (non-hydrogen) atoms. The summed E-state index contributed by atoms with van der Waals surface area (Å²) in [7, 11) is 3.17. The lowest BCUT2D eigenvalue weighted by Gasteiger charge is -2.18. The van der Waals surface area contributed by atoms with Crippen molar-refractivity contribution in [2.24, 2.45) is 13.0 Å². The predicted octanol–water partition coefficient (Wildman–Crippen LogP) is 2.50. The number of methoxy groups -OCH3 is 1. The SMILES string of the molecule is COC(=O)[C@H](CC(C)C)NC(=O)c1cc2ccccc2n1C. The largest absolute Gasteiger partial charge is 0.467 e. The van der Waals surface area contributed by atoms with E-state index in [-0.39, 0.29) is 11.8 Å². The van der Waals surface area contributed by atoms with Gasteiger partial charge in [-0.05, 0) is 24.5 Å². The molecule has 0 fully saturated rings. The van der Waals surface area contributed by atoms with Gasteiger partial charge < -0.3 is 14.6 Å². The van der Waals surface area contributed by atoms with Gasteiger partial charge in [0.1, 0.15) is 11.7 Å². The Morgan fingerprint density at radius 2 is 1.95 bits per heavy atom. The second-order valence-electron chi connectivity index (χ2n) is 5.83. The van der Waals surface area contributed by atoms with E-state index in [1.165, 1.54) is 7.11 Å². The molecule has 2 aromatic rings. The molecular weight excluding hydrogens is 280 g/mol. The number of nitrogens with one attached hydrogen (secondary N) is 1. The van der Waals surface area contributed by atoms with Crippen molar-refractivity contribution < 1.29 is 14.3 Å². The molecule has 2 rings (SSSR count). The molecule has 1 aromatic heterocycles. The zero-order chi connectivity index (χ0) is 16.3. The van der Waals surface area contributed by atoms with Gasteiger partial charge in [-0.3, -0.25) is 4.79 Å². The number of hydrogen-bond acceptors (Lipinski definition) is 3. The first-order valence-corrected chi connectivity index (χ1v) is 7.37. The van der Waals surface area contributed by atoms with Crippen molar-refractivity contribution in [2.75, 3.05) is 7.11 Å². The van der Waals surface area contributed by atoms with Crippen molar-refractivity contribution in [1.29, 1.82) is 0 Å². The molecular formula is C17H22N2O3. The monoisotopic (exact) mass is 302 g/mol. The van der Waals surface area contributed by atoms with E-state index in [1.54, 1.807) is 0 Å². The summed E-state index contributed by atoms with van der Waals surface area (Å²) < 4.78 is 6.61. The summed E-state index contributed by atoms with van der Waals surface area (Å²) in [5.41, 5.74) is 1.50. The summed E-state index contributed by atoms with van der Waals surface area (Å²) in [6.07, 6.45) is 0.544. The minimum absolute atomic E-state index is 0.269. The molecule has 118 valence electrons. The van der Waals surface area contributed by atoms with Crippen LogP contribution in [-0.2, 0) is 16.6 Å². The number of hydrogen-bond donors (Lipinski definition) is 1. The highest BCUT2D eigenvalue weighted by atomic mass is 16.5. The summed E-state index contributed by atoms with van der Waals surface area (Å²) >= 11 is 0. The van der Waals surface area contributed by atoms with Gasteiger partial charge in [0, 0.05) is 18.0 Å². The number of carbonyl (C=O) groups excluding carboxylic acids is 2. The van der Waals surface area contributed by atoms with Crippen LogP contribution in [0.2, 0.25) is 0 Å². The van der Waals surface area contributed by atoms with Crippen LogP contribution < -0.4 is 5.32 Å². The summed E-state index contributed by atoms with van der Waals surface area (Å²) in [6.45, 7) is 4.00. The third kappa shape index (κ3) is 3.30. The molecule has 0 spiro atoms. The maximum atomic E-state index is 12.5. The van der Waals surface area contributed by atoms with Gasteiger partial charge in [-0.15, -0.1) is 0 Å². The molecule has 0 aliphatic rings. The van der Waals surface area contributed by atoms with Crippen LogP contribution in [0.1, 0.15) is 30.8 Å². The van der Waals surface area contributed by atoms with E-state index in [9.17, 15) is 9.59 Å². The lowest BCUT2D eigenvalue weighted by molar-refractivity contribution is -0.143. The lowest BCUT2D eigenvalue weighted by Crippen LogP contribution is -2.42. The number of benzene rings is 1. The number of rotatable bonds is 5. The molecule has 1 amide bonds. The van der Waals surface area contributed by atoms with E-state index in [0.29, 0.717) is 12.1 Å². The summed E-state index contributed by atoms with van der Waals surface area (Å²) in [4.78, 5) is 24.3. The molecule has 0 aliphatic heterocycles. The molecule has 0 radical (unpaired) electrons. The Labute approximate surface area is 130 Å². The quantitative estimate of drug-likeness (QED) is 0.863. The number of carbonyl (C=O) groups is 2. The first-order valence-electron chi connectivity index (χ1n) is 7.37. The van der Waals surface area contributed by atoms with Crippen LogP contribution in [0.3, 0.4) is 0 Å². The minimum Gasteiger partial charge on any atom is -0.467 e. The van der Waals surface area contributed by atoms with Crippen molar-refractivity contribution in [3.05, 3.63) is 36.0 Å². The first kappa shape index (κ1) is 16.1. The number of ether oxygens (including phenoxy) is 1. The van der Waals surface area contributed by atoms with Crippen LogP contribution in [0.5, 0.6) is 0 Å². The summed E-state index contributed by atoms with van der Waals surface area (Å²) in [5.74, 6) is -0.410. The number of aromatic nitrogens is 1. The first-order chi connectivity index (χ1) is 10.4. The van der Waals surface area contributed by atoms with Crippen LogP contribution in [0.4, 0.5) is 0 Å². The van der Waals surface area contributed by atoms with E-state index in [2.05, 4.69) is 5.32 Å². The molecule has 1 aromatic carbocycles. The third-order valence-electron chi connectivity index (χ3n) is 3.68. The number of fused-ring (bicyclic) bond motifs is 1. The second-order valence-corrected chi connectivity index (χ2v) is 5.83. The van der Waals surface area contributed by atoms with Crippen molar-refractivity contribution in [3.63, 3.8) is 0 Å². The number of nitrogens with zero attached hydrogens (tertiary/aromatic N) is 1. The fourth-order valence-corrected chi connectivity index (χ4v) is 2.57. The average Bonchev–Trinajstić information content (AvgIpc) is 2.83. The Kier molecular flexibility index (Phi) is 4.85. The second kappa shape index (κ2) is 6.64. The van der Waals surface area contributed by atoms with Crippen molar-refractivity contribution >= 4 is 22.8 Å². The Balaban J connectivity index is 2.25. The standard InChI is InChI=1S/C17H22N2O3/c1-11(2)9-13(17(21)22-4)18-16(20)15-10-12-7-5-6-8-14(12)19(15)3/h5-8,10-11,13H,9H2,1-4H3,(H,18,20)/t13-/m0/s1. The Morgan fingerprint density at radius 3 is 2.55 bits per heavy atom. The topological polar surface area (TPSA) is 60.3 Å². The molecule has 1 heterocycles. The molecule has 5 nitrogen and oxygen atoms in total. The molecule has 5 heteroatoms. The van der Waals surface area contributed by atoms with E-state index in [4.69, 9.17) is 4.74 Å². The molecule has 1 atom stereocenters. The molecule has 0 unspecified atom stereocenters. The Bertz CT molecular complexity index is 688. The predicted molar refractivity (Wildman–Crippen MR) is 85.6 cm³/mol. The van der Waals surface area contributed by atoms with Crippen LogP contribution in [0.25, 0.3) is 10.9 Å². The lowest BCUT2D eigenvalue weighted by atomic mass is 10.0. The van der Waals surface area contributed by atoms with Crippen LogP contribution in [0, 0.1) is 5.92 Å². The Hall–Kier alpha value is -2.30. The number of amides is 1. The van der Waals surface area contributed by atoms with Gasteiger partial charge in [0.15, 0.2) is 0 Å². The van der Waals surface area contributed by atoms with Gasteiger partial charge in [0.2, 0.25) is 0 Å². The highest BCUT2D eigenvalue weighted by molar-refractivity contribution is 6.00. The summed E-state index contributed by atoms with van der Waals surface area (Å²) in [6, 6.07) is 8.97. The van der Waals surface area contributed by atoms with Gasteiger partial charge in [-0.25, -0.2) is 4.79 Å².